The fraction of sp³-hybridized carbons (Fsp3) is 0.417. The Balaban J connectivity index is 3.06. The number of nitrogen functional groups attached to an aromatic ring is 1. The Morgan fingerprint density at radius 2 is 2.05 bits per heavy atom. The van der Waals surface area contributed by atoms with Gasteiger partial charge in [-0.15, -0.1) is 0 Å². The van der Waals surface area contributed by atoms with Gasteiger partial charge in [-0.05, 0) is 26.0 Å². The van der Waals surface area contributed by atoms with Gasteiger partial charge in [0.05, 0.1) is 17.3 Å². The molecule has 0 aliphatic heterocycles. The van der Waals surface area contributed by atoms with Crippen molar-refractivity contribution in [1.82, 2.24) is 9.62 Å². The van der Waals surface area contributed by atoms with Crippen LogP contribution in [0.2, 0.25) is 5.02 Å². The molecule has 1 aromatic carbocycles. The van der Waals surface area contributed by atoms with Crippen LogP contribution >= 0.6 is 11.6 Å². The Hall–Kier alpha value is -1.38. The average Bonchev–Trinajstić information content (AvgIpc) is 2.32. The van der Waals surface area contributed by atoms with Gasteiger partial charge in [-0.1, -0.05) is 11.6 Å². The lowest BCUT2D eigenvalue weighted by Gasteiger charge is -2.19. The molecule has 1 amide bonds. The van der Waals surface area contributed by atoms with Crippen molar-refractivity contribution in [2.24, 2.45) is 0 Å². The number of rotatable bonds is 5. The molecular formula is C12H17ClFN3O3S. The highest BCUT2D eigenvalue weighted by Gasteiger charge is 2.26. The first kappa shape index (κ1) is 17.7. The van der Waals surface area contributed by atoms with Gasteiger partial charge in [-0.2, -0.15) is 4.31 Å². The van der Waals surface area contributed by atoms with Gasteiger partial charge in [0.25, 0.3) is 0 Å². The molecule has 0 saturated heterocycles. The zero-order valence-corrected chi connectivity index (χ0v) is 13.4. The predicted molar refractivity (Wildman–Crippen MR) is 78.9 cm³/mol. The minimum absolute atomic E-state index is 0.112. The van der Waals surface area contributed by atoms with Crippen LogP contribution in [0.5, 0.6) is 0 Å². The van der Waals surface area contributed by atoms with Crippen LogP contribution in [0.15, 0.2) is 17.0 Å². The van der Waals surface area contributed by atoms with Gasteiger partial charge in [0, 0.05) is 13.1 Å². The van der Waals surface area contributed by atoms with Crippen LogP contribution in [-0.2, 0) is 14.8 Å². The van der Waals surface area contributed by atoms with Crippen molar-refractivity contribution in [2.75, 3.05) is 19.3 Å². The van der Waals surface area contributed by atoms with Crippen LogP contribution in [0.25, 0.3) is 0 Å². The highest BCUT2D eigenvalue weighted by Crippen LogP contribution is 2.28. The van der Waals surface area contributed by atoms with Crippen LogP contribution in [0.3, 0.4) is 0 Å². The van der Waals surface area contributed by atoms with E-state index in [1.807, 2.05) is 0 Å². The van der Waals surface area contributed by atoms with Crippen LogP contribution < -0.4 is 11.1 Å². The minimum Gasteiger partial charge on any atom is -0.396 e. The third-order valence-electron chi connectivity index (χ3n) is 2.56. The number of nitrogens with one attached hydrogen (secondary N) is 1. The fourth-order valence-electron chi connectivity index (χ4n) is 1.57. The monoisotopic (exact) mass is 337 g/mol. The third-order valence-corrected chi connectivity index (χ3v) is 4.82. The highest BCUT2D eigenvalue weighted by molar-refractivity contribution is 7.89. The molecule has 1 aromatic rings. The normalized spacial score (nSPS) is 12.0. The Kier molecular flexibility index (Phi) is 5.54. The molecule has 0 aliphatic rings. The Morgan fingerprint density at radius 1 is 1.48 bits per heavy atom. The number of hydrogen-bond donors (Lipinski definition) is 2. The third kappa shape index (κ3) is 4.29. The van der Waals surface area contributed by atoms with E-state index in [4.69, 9.17) is 17.3 Å². The number of likely N-dealkylation sites (N-methyl/N-ethyl adjacent to an activating group) is 1. The summed E-state index contributed by atoms with van der Waals surface area (Å²) in [6.45, 7) is 3.13. The molecular weight excluding hydrogens is 321 g/mol. The second-order valence-electron chi connectivity index (χ2n) is 4.79. The molecule has 0 aliphatic carbocycles. The lowest BCUT2D eigenvalue weighted by molar-refractivity contribution is -0.121. The van der Waals surface area contributed by atoms with Crippen molar-refractivity contribution >= 4 is 33.2 Å². The number of carbonyl (C=O) groups is 1. The maximum atomic E-state index is 13.2. The zero-order chi connectivity index (χ0) is 16.4. The van der Waals surface area contributed by atoms with E-state index in [1.165, 1.54) is 7.05 Å². The zero-order valence-electron chi connectivity index (χ0n) is 11.9. The number of sulfonamides is 1. The molecule has 0 heterocycles. The minimum atomic E-state index is -4.05. The summed E-state index contributed by atoms with van der Waals surface area (Å²) in [6, 6.07) is 1.65. The van der Waals surface area contributed by atoms with Crippen molar-refractivity contribution in [3.63, 3.8) is 0 Å². The topological polar surface area (TPSA) is 92.5 Å². The Bertz CT molecular complexity index is 649. The molecule has 9 heteroatoms. The largest absolute Gasteiger partial charge is 0.396 e. The molecule has 0 atom stereocenters. The maximum absolute atomic E-state index is 13.2. The number of benzene rings is 1. The van der Waals surface area contributed by atoms with Crippen LogP contribution in [-0.4, -0.2) is 38.3 Å². The quantitative estimate of drug-likeness (QED) is 0.790. The Labute approximate surface area is 128 Å². The molecule has 0 unspecified atom stereocenters. The SMILES string of the molecule is CC(C)NC(=O)CN(C)S(=O)(=O)c1cc(N)c(F)cc1Cl. The molecule has 0 saturated carbocycles. The summed E-state index contributed by atoms with van der Waals surface area (Å²) < 4.78 is 38.7. The number of hydrogen-bond acceptors (Lipinski definition) is 4. The molecule has 0 radical (unpaired) electrons. The first-order valence-electron chi connectivity index (χ1n) is 6.06. The maximum Gasteiger partial charge on any atom is 0.244 e. The molecule has 118 valence electrons. The lowest BCUT2D eigenvalue weighted by Crippen LogP contribution is -2.40. The number of nitrogens with two attached hydrogens (primary N) is 1. The summed E-state index contributed by atoms with van der Waals surface area (Å²) in [7, 11) is -2.82. The van der Waals surface area contributed by atoms with Crippen molar-refractivity contribution in [3.8, 4) is 0 Å². The van der Waals surface area contributed by atoms with Gasteiger partial charge in [0.15, 0.2) is 0 Å². The number of carbonyl (C=O) groups excluding carboxylic acids is 1. The van der Waals surface area contributed by atoms with Crippen LogP contribution in [0.4, 0.5) is 10.1 Å². The van der Waals surface area contributed by atoms with Crippen molar-refractivity contribution in [2.45, 2.75) is 24.8 Å². The van der Waals surface area contributed by atoms with E-state index in [0.29, 0.717) is 0 Å². The van der Waals surface area contributed by atoms with E-state index in [9.17, 15) is 17.6 Å². The molecule has 0 fully saturated rings. The van der Waals surface area contributed by atoms with Gasteiger partial charge >= 0.3 is 0 Å². The van der Waals surface area contributed by atoms with E-state index in [2.05, 4.69) is 5.32 Å². The molecule has 6 nitrogen and oxygen atoms in total. The smallest absolute Gasteiger partial charge is 0.244 e. The summed E-state index contributed by atoms with van der Waals surface area (Å²) in [4.78, 5) is 11.3. The molecule has 3 N–H and O–H groups in total. The number of halogens is 2. The summed E-state index contributed by atoms with van der Waals surface area (Å²) in [5.74, 6) is -1.26. The van der Waals surface area contributed by atoms with Gasteiger partial charge in [0.1, 0.15) is 10.7 Å². The second-order valence-corrected chi connectivity index (χ2v) is 7.21. The van der Waals surface area contributed by atoms with Gasteiger partial charge < -0.3 is 11.1 Å². The average molecular weight is 338 g/mol. The van der Waals surface area contributed by atoms with E-state index in [-0.39, 0.29) is 28.2 Å². The second kappa shape index (κ2) is 6.59. The lowest BCUT2D eigenvalue weighted by atomic mass is 10.3. The summed E-state index contributed by atoms with van der Waals surface area (Å²) in [5.41, 5.74) is 5.02. The summed E-state index contributed by atoms with van der Waals surface area (Å²) >= 11 is 5.75. The molecule has 0 aromatic heterocycles. The summed E-state index contributed by atoms with van der Waals surface area (Å²) in [6.07, 6.45) is 0. The van der Waals surface area contributed by atoms with E-state index in [0.717, 1.165) is 16.4 Å². The fourth-order valence-corrected chi connectivity index (χ4v) is 3.21. The number of nitrogens with zero attached hydrogens (tertiary/aromatic N) is 1. The van der Waals surface area contributed by atoms with Crippen molar-refractivity contribution < 1.29 is 17.6 Å². The standard InChI is InChI=1S/C12H17ClFN3O3S/c1-7(2)16-12(18)6-17(3)21(19,20)11-5-10(15)9(14)4-8(11)13/h4-5,7H,6,15H2,1-3H3,(H,16,18). The van der Waals surface area contributed by atoms with E-state index in [1.54, 1.807) is 13.8 Å². The van der Waals surface area contributed by atoms with Crippen molar-refractivity contribution in [1.29, 1.82) is 0 Å². The summed E-state index contributed by atoms with van der Waals surface area (Å²) in [5, 5.41) is 2.28. The number of amides is 1. The molecule has 0 spiro atoms. The first-order chi connectivity index (χ1) is 9.55. The van der Waals surface area contributed by atoms with Crippen molar-refractivity contribution in [3.05, 3.63) is 23.0 Å². The van der Waals surface area contributed by atoms with Gasteiger partial charge in [0.2, 0.25) is 15.9 Å². The van der Waals surface area contributed by atoms with Gasteiger partial charge in [-0.25, -0.2) is 12.8 Å². The van der Waals surface area contributed by atoms with E-state index < -0.39 is 21.7 Å². The van der Waals surface area contributed by atoms with E-state index >= 15 is 0 Å². The molecule has 1 rings (SSSR count). The van der Waals surface area contributed by atoms with Crippen LogP contribution in [0, 0.1) is 5.82 Å². The highest BCUT2D eigenvalue weighted by atomic mass is 35.5. The Morgan fingerprint density at radius 3 is 2.57 bits per heavy atom. The van der Waals surface area contributed by atoms with Crippen LogP contribution in [0.1, 0.15) is 13.8 Å². The molecule has 0 bridgehead atoms. The first-order valence-corrected chi connectivity index (χ1v) is 7.87. The molecule has 21 heavy (non-hydrogen) atoms. The predicted octanol–water partition coefficient (Wildman–Crippen LogP) is 1.21. The van der Waals surface area contributed by atoms with Gasteiger partial charge in [-0.3, -0.25) is 4.79 Å². The number of anilines is 1.